The molecule has 2 nitrogen and oxygen atoms in total. The molecule has 0 spiro atoms. The molecule has 0 N–H and O–H groups in total. The number of hydrogen-bond acceptors (Lipinski definition) is 2. The lowest BCUT2D eigenvalue weighted by Crippen LogP contribution is -2.23. The van der Waals surface area contributed by atoms with Crippen LogP contribution in [0.3, 0.4) is 0 Å². The van der Waals surface area contributed by atoms with Gasteiger partial charge in [0, 0.05) is 12.7 Å². The lowest BCUT2D eigenvalue weighted by molar-refractivity contribution is 0.479. The van der Waals surface area contributed by atoms with Crippen molar-refractivity contribution in [2.75, 3.05) is 11.5 Å². The minimum Gasteiger partial charge on any atom is -0.271 e. The van der Waals surface area contributed by atoms with Gasteiger partial charge in [0.15, 0.2) is 0 Å². The van der Waals surface area contributed by atoms with Crippen LogP contribution in [0.2, 0.25) is 0 Å². The molecule has 0 unspecified atom stereocenters. The van der Waals surface area contributed by atoms with E-state index in [4.69, 9.17) is 0 Å². The highest BCUT2D eigenvalue weighted by molar-refractivity contribution is 9.10. The van der Waals surface area contributed by atoms with Gasteiger partial charge in [0.2, 0.25) is 0 Å². The quantitative estimate of drug-likeness (QED) is 0.777. The normalized spacial score (nSPS) is 18.3. The molecular weight excluding hydrogens is 224 g/mol. The Kier molecular flexibility index (Phi) is 2.23. The predicted octanol–water partition coefficient (Wildman–Crippen LogP) is 2.01. The summed E-state index contributed by atoms with van der Waals surface area (Å²) >= 11 is 5.39. The Hall–Kier alpha value is 0.0400. The molecule has 0 bridgehead atoms. The Morgan fingerprint density at radius 1 is 1.73 bits per heavy atom. The molecule has 1 aromatic rings. The molecule has 11 heavy (non-hydrogen) atoms. The van der Waals surface area contributed by atoms with Gasteiger partial charge < -0.3 is 0 Å². The lowest BCUT2D eigenvalue weighted by Gasteiger charge is -2.24. The maximum absolute atomic E-state index is 4.20. The second kappa shape index (κ2) is 3.19. The monoisotopic (exact) mass is 232 g/mol. The second-order valence-corrected chi connectivity index (χ2v) is 4.77. The Balaban J connectivity index is 1.95. The first-order valence-corrected chi connectivity index (χ1v) is 5.55. The van der Waals surface area contributed by atoms with Gasteiger partial charge in [-0.15, -0.1) is 0 Å². The van der Waals surface area contributed by atoms with E-state index in [0.29, 0.717) is 0 Å². The van der Waals surface area contributed by atoms with Crippen molar-refractivity contribution in [3.05, 3.63) is 16.9 Å². The molecule has 2 heterocycles. The van der Waals surface area contributed by atoms with Gasteiger partial charge >= 0.3 is 0 Å². The third-order valence-electron chi connectivity index (χ3n) is 1.75. The first-order valence-electron chi connectivity index (χ1n) is 3.60. The van der Waals surface area contributed by atoms with Crippen LogP contribution < -0.4 is 0 Å². The molecule has 1 aliphatic heterocycles. The molecule has 0 atom stereocenters. The van der Waals surface area contributed by atoms with Crippen LogP contribution >= 0.6 is 27.7 Å². The van der Waals surface area contributed by atoms with Gasteiger partial charge in [0.25, 0.3) is 0 Å². The van der Waals surface area contributed by atoms with Gasteiger partial charge in [-0.2, -0.15) is 16.9 Å². The molecule has 4 heteroatoms. The Bertz CT molecular complexity index is 244. The van der Waals surface area contributed by atoms with Crippen molar-refractivity contribution < 1.29 is 0 Å². The summed E-state index contributed by atoms with van der Waals surface area (Å²) in [6, 6.07) is 0. The minimum atomic E-state index is 0.854. The van der Waals surface area contributed by atoms with Crippen molar-refractivity contribution >= 4 is 27.7 Å². The van der Waals surface area contributed by atoms with Crippen LogP contribution in [0.5, 0.6) is 0 Å². The third kappa shape index (κ3) is 1.79. The number of thioether (sulfide) groups is 1. The molecule has 1 aliphatic rings. The molecule has 0 aliphatic carbocycles. The SMILES string of the molecule is Brc1cnn(CC2CSC2)c1. The molecule has 0 saturated carbocycles. The molecule has 1 saturated heterocycles. The van der Waals surface area contributed by atoms with E-state index in [1.54, 1.807) is 0 Å². The highest BCUT2D eigenvalue weighted by atomic mass is 79.9. The molecule has 1 fully saturated rings. The zero-order valence-corrected chi connectivity index (χ0v) is 8.44. The summed E-state index contributed by atoms with van der Waals surface area (Å²) in [6.45, 7) is 1.08. The predicted molar refractivity (Wildman–Crippen MR) is 50.7 cm³/mol. The van der Waals surface area contributed by atoms with E-state index < -0.39 is 0 Å². The molecule has 0 radical (unpaired) electrons. The van der Waals surface area contributed by atoms with E-state index in [-0.39, 0.29) is 0 Å². The molecule has 0 amide bonds. The fraction of sp³-hybridized carbons (Fsp3) is 0.571. The summed E-state index contributed by atoms with van der Waals surface area (Å²) in [5.41, 5.74) is 0. The number of aromatic nitrogens is 2. The summed E-state index contributed by atoms with van der Waals surface area (Å²) < 4.78 is 3.08. The summed E-state index contributed by atoms with van der Waals surface area (Å²) in [6.07, 6.45) is 3.87. The van der Waals surface area contributed by atoms with Crippen LogP contribution in [0.1, 0.15) is 0 Å². The lowest BCUT2D eigenvalue weighted by atomic mass is 10.2. The molecule has 60 valence electrons. The van der Waals surface area contributed by atoms with Crippen LogP contribution in [0, 0.1) is 5.92 Å². The van der Waals surface area contributed by atoms with Crippen LogP contribution in [0.4, 0.5) is 0 Å². The summed E-state index contributed by atoms with van der Waals surface area (Å²) in [5.74, 6) is 3.46. The van der Waals surface area contributed by atoms with E-state index in [2.05, 4.69) is 21.0 Å². The van der Waals surface area contributed by atoms with E-state index in [9.17, 15) is 0 Å². The highest BCUT2D eigenvalue weighted by Crippen LogP contribution is 2.25. The summed E-state index contributed by atoms with van der Waals surface area (Å²) in [4.78, 5) is 0. The van der Waals surface area contributed by atoms with Crippen LogP contribution in [0.15, 0.2) is 16.9 Å². The van der Waals surface area contributed by atoms with Gasteiger partial charge in [-0.05, 0) is 33.4 Å². The Morgan fingerprint density at radius 2 is 2.55 bits per heavy atom. The number of halogens is 1. The van der Waals surface area contributed by atoms with Gasteiger partial charge in [0.05, 0.1) is 10.7 Å². The summed E-state index contributed by atoms with van der Waals surface area (Å²) in [7, 11) is 0. The fourth-order valence-corrected chi connectivity index (χ4v) is 2.20. The van der Waals surface area contributed by atoms with Crippen LogP contribution in [-0.2, 0) is 6.54 Å². The van der Waals surface area contributed by atoms with Crippen molar-refractivity contribution in [2.24, 2.45) is 5.92 Å². The first-order chi connectivity index (χ1) is 5.34. The van der Waals surface area contributed by atoms with Gasteiger partial charge in [-0.25, -0.2) is 0 Å². The van der Waals surface area contributed by atoms with E-state index in [0.717, 1.165) is 16.9 Å². The van der Waals surface area contributed by atoms with Crippen LogP contribution in [-0.4, -0.2) is 21.3 Å². The Morgan fingerprint density at radius 3 is 3.00 bits per heavy atom. The van der Waals surface area contributed by atoms with Crippen molar-refractivity contribution in [3.63, 3.8) is 0 Å². The van der Waals surface area contributed by atoms with Crippen molar-refractivity contribution in [1.82, 2.24) is 9.78 Å². The zero-order valence-electron chi connectivity index (χ0n) is 6.03. The molecular formula is C7H9BrN2S. The van der Waals surface area contributed by atoms with Crippen molar-refractivity contribution in [2.45, 2.75) is 6.54 Å². The topological polar surface area (TPSA) is 17.8 Å². The first kappa shape index (κ1) is 7.68. The number of rotatable bonds is 2. The van der Waals surface area contributed by atoms with Gasteiger partial charge in [0.1, 0.15) is 0 Å². The van der Waals surface area contributed by atoms with Crippen molar-refractivity contribution in [3.8, 4) is 0 Å². The third-order valence-corrected chi connectivity index (χ3v) is 3.58. The van der Waals surface area contributed by atoms with Crippen LogP contribution in [0.25, 0.3) is 0 Å². The molecule has 0 aromatic carbocycles. The largest absolute Gasteiger partial charge is 0.271 e. The standard InChI is InChI=1S/C7H9BrN2S/c8-7-1-9-10(3-7)2-6-4-11-5-6/h1,3,6H,2,4-5H2. The summed E-state index contributed by atoms with van der Waals surface area (Å²) in [5, 5.41) is 4.20. The van der Waals surface area contributed by atoms with Gasteiger partial charge in [-0.1, -0.05) is 0 Å². The maximum Gasteiger partial charge on any atom is 0.0632 e. The highest BCUT2D eigenvalue weighted by Gasteiger charge is 2.18. The van der Waals surface area contributed by atoms with Gasteiger partial charge in [-0.3, -0.25) is 4.68 Å². The smallest absolute Gasteiger partial charge is 0.0632 e. The fourth-order valence-electron chi connectivity index (χ4n) is 1.09. The van der Waals surface area contributed by atoms with E-state index >= 15 is 0 Å². The minimum absolute atomic E-state index is 0.854. The molecule has 1 aromatic heterocycles. The molecule has 2 rings (SSSR count). The maximum atomic E-state index is 4.20. The van der Waals surface area contributed by atoms with E-state index in [1.807, 2.05) is 28.8 Å². The van der Waals surface area contributed by atoms with E-state index in [1.165, 1.54) is 11.5 Å². The second-order valence-electron chi connectivity index (χ2n) is 2.78. The average Bonchev–Trinajstić information content (AvgIpc) is 2.27. The number of nitrogens with zero attached hydrogens (tertiary/aromatic N) is 2. The zero-order chi connectivity index (χ0) is 7.68. The number of hydrogen-bond donors (Lipinski definition) is 0. The van der Waals surface area contributed by atoms with Crippen molar-refractivity contribution in [1.29, 1.82) is 0 Å². The average molecular weight is 233 g/mol. The Labute approximate surface area is 78.5 Å².